The first-order valence-corrected chi connectivity index (χ1v) is 4.95. The van der Waals surface area contributed by atoms with Crippen LogP contribution in [0.5, 0.6) is 0 Å². The molecule has 0 aliphatic rings. The molecule has 4 heteroatoms. The zero-order valence-corrected chi connectivity index (χ0v) is 9.10. The Morgan fingerprint density at radius 3 is 2.41 bits per heavy atom. The van der Waals surface area contributed by atoms with E-state index in [0.717, 1.165) is 16.3 Å². The number of nitrogens with zero attached hydrogens (tertiary/aromatic N) is 2. The van der Waals surface area contributed by atoms with Crippen molar-refractivity contribution < 1.29 is 9.59 Å². The zero-order valence-electron chi connectivity index (χ0n) is 9.10. The number of hydrogen-bond donors (Lipinski definition) is 0. The minimum atomic E-state index is 0.321. The fourth-order valence-corrected chi connectivity index (χ4v) is 1.71. The van der Waals surface area contributed by atoms with Gasteiger partial charge >= 0.3 is 0 Å². The van der Waals surface area contributed by atoms with Crippen molar-refractivity contribution in [3.05, 3.63) is 35.9 Å². The van der Waals surface area contributed by atoms with Crippen LogP contribution in [0.4, 0.5) is 11.4 Å². The Morgan fingerprint density at radius 1 is 1.00 bits per heavy atom. The molecule has 0 atom stereocenters. The SMILES string of the molecule is Cc1ccc2ccc(N=C=O)c(N=C=O)c2c1. The summed E-state index contributed by atoms with van der Waals surface area (Å²) in [6.07, 6.45) is 2.93. The molecule has 0 aliphatic carbocycles. The number of isocyanates is 2. The van der Waals surface area contributed by atoms with E-state index in [4.69, 9.17) is 0 Å². The summed E-state index contributed by atoms with van der Waals surface area (Å²) in [5.41, 5.74) is 1.71. The third kappa shape index (κ3) is 2.04. The molecule has 4 nitrogen and oxygen atoms in total. The lowest BCUT2D eigenvalue weighted by molar-refractivity contribution is 0.564. The van der Waals surface area contributed by atoms with E-state index in [0.29, 0.717) is 11.4 Å². The highest BCUT2D eigenvalue weighted by molar-refractivity contribution is 5.99. The Balaban J connectivity index is 2.90. The summed E-state index contributed by atoms with van der Waals surface area (Å²) >= 11 is 0. The van der Waals surface area contributed by atoms with Crippen LogP contribution in [-0.2, 0) is 9.59 Å². The molecular formula is C13H8N2O2. The van der Waals surface area contributed by atoms with Gasteiger partial charge in [-0.3, -0.25) is 0 Å². The van der Waals surface area contributed by atoms with Crippen LogP contribution in [0.2, 0.25) is 0 Å². The average Bonchev–Trinajstić information content (AvgIpc) is 2.33. The highest BCUT2D eigenvalue weighted by Crippen LogP contribution is 2.35. The van der Waals surface area contributed by atoms with Gasteiger partial charge in [0.1, 0.15) is 11.4 Å². The van der Waals surface area contributed by atoms with Crippen LogP contribution in [0.25, 0.3) is 10.8 Å². The van der Waals surface area contributed by atoms with Crippen molar-refractivity contribution in [3.63, 3.8) is 0 Å². The molecule has 0 aliphatic heterocycles. The average molecular weight is 224 g/mol. The van der Waals surface area contributed by atoms with Crippen molar-refractivity contribution in [2.75, 3.05) is 0 Å². The van der Waals surface area contributed by atoms with E-state index in [2.05, 4.69) is 9.98 Å². The Hall–Kier alpha value is -2.54. The van der Waals surface area contributed by atoms with Crippen molar-refractivity contribution in [2.45, 2.75) is 6.92 Å². The quantitative estimate of drug-likeness (QED) is 0.581. The number of hydrogen-bond acceptors (Lipinski definition) is 4. The van der Waals surface area contributed by atoms with Gasteiger partial charge in [-0.2, -0.15) is 9.98 Å². The molecule has 2 aromatic rings. The second kappa shape index (κ2) is 4.54. The molecule has 0 radical (unpaired) electrons. The Labute approximate surface area is 97.3 Å². The fourth-order valence-electron chi connectivity index (χ4n) is 1.71. The van der Waals surface area contributed by atoms with E-state index in [-0.39, 0.29) is 0 Å². The molecule has 0 aromatic heterocycles. The molecule has 0 saturated heterocycles. The van der Waals surface area contributed by atoms with Crippen molar-refractivity contribution in [1.82, 2.24) is 0 Å². The molecule has 17 heavy (non-hydrogen) atoms. The van der Waals surface area contributed by atoms with Crippen LogP contribution in [0.3, 0.4) is 0 Å². The van der Waals surface area contributed by atoms with Gasteiger partial charge in [0.2, 0.25) is 12.2 Å². The molecule has 0 bridgehead atoms. The number of aryl methyl sites for hydroxylation is 1. The number of rotatable bonds is 2. The predicted octanol–water partition coefficient (Wildman–Crippen LogP) is 3.08. The Kier molecular flexibility index (Phi) is 2.93. The summed E-state index contributed by atoms with van der Waals surface area (Å²) in [6.45, 7) is 1.93. The summed E-state index contributed by atoms with van der Waals surface area (Å²) in [5.74, 6) is 0. The number of fused-ring (bicyclic) bond motifs is 1. The van der Waals surface area contributed by atoms with Gasteiger partial charge in [0.05, 0.1) is 0 Å². The molecule has 0 saturated carbocycles. The highest BCUT2D eigenvalue weighted by Gasteiger charge is 2.06. The third-order valence-corrected chi connectivity index (χ3v) is 2.45. The molecule has 82 valence electrons. The van der Waals surface area contributed by atoms with Gasteiger partial charge in [-0.25, -0.2) is 9.59 Å². The van der Waals surface area contributed by atoms with Crippen LogP contribution < -0.4 is 0 Å². The molecule has 2 rings (SSSR count). The highest BCUT2D eigenvalue weighted by atomic mass is 16.1. The van der Waals surface area contributed by atoms with E-state index >= 15 is 0 Å². The molecule has 0 fully saturated rings. The number of aliphatic imine (C=N–C) groups is 2. The Morgan fingerprint density at radius 2 is 1.71 bits per heavy atom. The standard InChI is InChI=1S/C13H8N2O2/c1-9-2-3-10-4-5-12(14-7-16)13(15-8-17)11(10)6-9/h2-6H,1H3. The first kappa shape index (κ1) is 11.0. The molecule has 0 N–H and O–H groups in total. The molecule has 0 spiro atoms. The third-order valence-electron chi connectivity index (χ3n) is 2.45. The second-order valence-electron chi connectivity index (χ2n) is 3.56. The molecule has 0 heterocycles. The normalized spacial score (nSPS) is 9.47. The van der Waals surface area contributed by atoms with Crippen molar-refractivity contribution in [3.8, 4) is 0 Å². The molecule has 0 unspecified atom stereocenters. The molecule has 2 aromatic carbocycles. The van der Waals surface area contributed by atoms with Crippen LogP contribution in [0.1, 0.15) is 5.56 Å². The van der Waals surface area contributed by atoms with Gasteiger partial charge in [-0.05, 0) is 24.4 Å². The lowest BCUT2D eigenvalue weighted by Gasteiger charge is -2.04. The van der Waals surface area contributed by atoms with Gasteiger partial charge in [0, 0.05) is 5.39 Å². The number of benzene rings is 2. The zero-order chi connectivity index (χ0) is 12.3. The van der Waals surface area contributed by atoms with Gasteiger partial charge in [-0.15, -0.1) is 0 Å². The van der Waals surface area contributed by atoms with E-state index in [1.165, 1.54) is 12.2 Å². The van der Waals surface area contributed by atoms with Gasteiger partial charge in [-0.1, -0.05) is 23.8 Å². The maximum atomic E-state index is 10.4. The van der Waals surface area contributed by atoms with E-state index < -0.39 is 0 Å². The molecule has 0 amide bonds. The minimum absolute atomic E-state index is 0.321. The largest absolute Gasteiger partial charge is 0.240 e. The van der Waals surface area contributed by atoms with Crippen LogP contribution >= 0.6 is 0 Å². The summed E-state index contributed by atoms with van der Waals surface area (Å²) < 4.78 is 0. The summed E-state index contributed by atoms with van der Waals surface area (Å²) in [5, 5.41) is 1.69. The summed E-state index contributed by atoms with van der Waals surface area (Å²) in [4.78, 5) is 27.9. The first-order valence-electron chi connectivity index (χ1n) is 4.95. The minimum Gasteiger partial charge on any atom is -0.211 e. The summed E-state index contributed by atoms with van der Waals surface area (Å²) in [6, 6.07) is 9.20. The van der Waals surface area contributed by atoms with Crippen LogP contribution in [0.15, 0.2) is 40.3 Å². The van der Waals surface area contributed by atoms with E-state index in [1.54, 1.807) is 6.07 Å². The maximum absolute atomic E-state index is 10.4. The van der Waals surface area contributed by atoms with E-state index in [1.807, 2.05) is 31.2 Å². The van der Waals surface area contributed by atoms with Crippen LogP contribution in [0, 0.1) is 6.92 Å². The van der Waals surface area contributed by atoms with Gasteiger partial charge in [0.15, 0.2) is 0 Å². The maximum Gasteiger partial charge on any atom is 0.240 e. The summed E-state index contributed by atoms with van der Waals surface area (Å²) in [7, 11) is 0. The van der Waals surface area contributed by atoms with Crippen LogP contribution in [-0.4, -0.2) is 12.2 Å². The van der Waals surface area contributed by atoms with Gasteiger partial charge in [0.25, 0.3) is 0 Å². The van der Waals surface area contributed by atoms with E-state index in [9.17, 15) is 9.59 Å². The van der Waals surface area contributed by atoms with Crippen molar-refractivity contribution in [2.24, 2.45) is 9.98 Å². The lowest BCUT2D eigenvalue weighted by atomic mass is 10.0. The second-order valence-corrected chi connectivity index (χ2v) is 3.56. The lowest BCUT2D eigenvalue weighted by Crippen LogP contribution is -1.78. The van der Waals surface area contributed by atoms with Crippen molar-refractivity contribution in [1.29, 1.82) is 0 Å². The number of carbonyl (C=O) groups excluding carboxylic acids is 2. The monoisotopic (exact) mass is 224 g/mol. The predicted molar refractivity (Wildman–Crippen MR) is 64.2 cm³/mol. The Bertz CT molecular complexity index is 679. The van der Waals surface area contributed by atoms with Gasteiger partial charge < -0.3 is 0 Å². The smallest absolute Gasteiger partial charge is 0.211 e. The molecular weight excluding hydrogens is 216 g/mol. The fraction of sp³-hybridized carbons (Fsp3) is 0.0769. The van der Waals surface area contributed by atoms with Crippen molar-refractivity contribution >= 4 is 34.3 Å². The topological polar surface area (TPSA) is 58.9 Å². The first-order chi connectivity index (χ1) is 8.26.